The molecule has 0 bridgehead atoms. The van der Waals surface area contributed by atoms with E-state index in [-0.39, 0.29) is 0 Å². The fraction of sp³-hybridized carbons (Fsp3) is 0. The lowest BCUT2D eigenvalue weighted by Gasteiger charge is -2.17. The minimum absolute atomic E-state index is 0.427. The Kier molecular flexibility index (Phi) is 2.39. The van der Waals surface area contributed by atoms with Crippen LogP contribution in [-0.4, -0.2) is 11.0 Å². The van der Waals surface area contributed by atoms with Crippen molar-refractivity contribution in [2.24, 2.45) is 5.73 Å². The van der Waals surface area contributed by atoms with Gasteiger partial charge in [-0.3, -0.25) is 4.79 Å². The van der Waals surface area contributed by atoms with Crippen LogP contribution in [0.25, 0.3) is 5.57 Å². The van der Waals surface area contributed by atoms with Crippen LogP contribution in [-0.2, 0) is 4.94 Å². The number of nitrogens with zero attached hydrogens (tertiary/aromatic N) is 1. The van der Waals surface area contributed by atoms with E-state index < -0.39 is 5.91 Å². The van der Waals surface area contributed by atoms with Gasteiger partial charge in [0.25, 0.3) is 0 Å². The van der Waals surface area contributed by atoms with Crippen LogP contribution in [0.1, 0.15) is 15.9 Å². The van der Waals surface area contributed by atoms with Crippen molar-refractivity contribution >= 4 is 11.5 Å². The first-order chi connectivity index (χ1) is 8.74. The van der Waals surface area contributed by atoms with E-state index in [2.05, 4.69) is 5.48 Å². The van der Waals surface area contributed by atoms with Gasteiger partial charge in [-0.05, 0) is 35.4 Å². The largest absolute Gasteiger partial charge is 0.366 e. The first-order valence-electron chi connectivity index (χ1n) is 5.46. The number of allylic oxidation sites excluding steroid dienone is 3. The first kappa shape index (κ1) is 10.6. The third kappa shape index (κ3) is 1.76. The summed E-state index contributed by atoms with van der Waals surface area (Å²) in [6, 6.07) is 7.22. The van der Waals surface area contributed by atoms with Crippen LogP contribution < -0.4 is 11.2 Å². The number of rotatable bonds is 2. The molecule has 0 spiro atoms. The van der Waals surface area contributed by atoms with Gasteiger partial charge in [-0.25, -0.2) is 10.5 Å². The van der Waals surface area contributed by atoms with Crippen LogP contribution in [0, 0.1) is 0 Å². The molecule has 0 radical (unpaired) electrons. The van der Waals surface area contributed by atoms with Gasteiger partial charge in [0.05, 0.1) is 11.9 Å². The number of carbonyl (C=O) groups is 1. The van der Waals surface area contributed by atoms with Crippen molar-refractivity contribution in [3.63, 3.8) is 0 Å². The SMILES string of the molecule is NC(=O)c1cccc(C2=CC3=CNON3C=C2)c1. The van der Waals surface area contributed by atoms with Crippen molar-refractivity contribution in [3.8, 4) is 0 Å². The Bertz CT molecular complexity index is 602. The highest BCUT2D eigenvalue weighted by molar-refractivity contribution is 5.94. The maximum atomic E-state index is 11.2. The van der Waals surface area contributed by atoms with E-state index in [0.717, 1.165) is 16.8 Å². The van der Waals surface area contributed by atoms with E-state index >= 15 is 0 Å². The van der Waals surface area contributed by atoms with E-state index in [0.29, 0.717) is 5.56 Å². The van der Waals surface area contributed by atoms with Crippen molar-refractivity contribution in [3.05, 3.63) is 65.6 Å². The average Bonchev–Trinajstić information content (AvgIpc) is 2.86. The Morgan fingerprint density at radius 2 is 2.28 bits per heavy atom. The molecule has 90 valence electrons. The molecule has 3 rings (SSSR count). The molecule has 2 aliphatic heterocycles. The molecule has 2 aliphatic rings. The standard InChI is InChI=1S/C13H11N3O2/c14-13(17)11-3-1-2-9(6-11)10-4-5-16-12(7-10)8-15-18-16/h1-8,15H,(H2,14,17). The number of hydroxylamine groups is 3. The number of primary amides is 1. The molecular formula is C13H11N3O2. The van der Waals surface area contributed by atoms with Crippen LogP contribution in [0.15, 0.2) is 54.5 Å². The van der Waals surface area contributed by atoms with Crippen molar-refractivity contribution in [2.75, 3.05) is 0 Å². The van der Waals surface area contributed by atoms with Gasteiger partial charge < -0.3 is 5.73 Å². The van der Waals surface area contributed by atoms with Gasteiger partial charge in [-0.1, -0.05) is 12.1 Å². The van der Waals surface area contributed by atoms with E-state index in [1.807, 2.05) is 24.3 Å². The van der Waals surface area contributed by atoms with E-state index in [1.165, 1.54) is 0 Å². The van der Waals surface area contributed by atoms with Gasteiger partial charge in [0.15, 0.2) is 0 Å². The molecule has 2 heterocycles. The molecule has 1 amide bonds. The second-order valence-electron chi connectivity index (χ2n) is 3.96. The molecule has 1 aromatic rings. The van der Waals surface area contributed by atoms with Crippen LogP contribution in [0.2, 0.25) is 0 Å². The molecule has 1 aromatic carbocycles. The van der Waals surface area contributed by atoms with Crippen LogP contribution >= 0.6 is 0 Å². The highest BCUT2D eigenvalue weighted by Crippen LogP contribution is 2.26. The minimum atomic E-state index is -0.427. The van der Waals surface area contributed by atoms with Crippen LogP contribution in [0.3, 0.4) is 0 Å². The molecule has 3 N–H and O–H groups in total. The maximum Gasteiger partial charge on any atom is 0.248 e. The third-order valence-corrected chi connectivity index (χ3v) is 2.79. The second kappa shape index (κ2) is 4.05. The molecule has 18 heavy (non-hydrogen) atoms. The summed E-state index contributed by atoms with van der Waals surface area (Å²) in [7, 11) is 0. The van der Waals surface area contributed by atoms with Gasteiger partial charge >= 0.3 is 0 Å². The van der Waals surface area contributed by atoms with Gasteiger partial charge in [0.2, 0.25) is 5.91 Å². The predicted molar refractivity (Wildman–Crippen MR) is 66.2 cm³/mol. The van der Waals surface area contributed by atoms with Crippen LogP contribution in [0.5, 0.6) is 0 Å². The van der Waals surface area contributed by atoms with E-state index in [4.69, 9.17) is 10.7 Å². The molecule has 0 aliphatic carbocycles. The normalized spacial score (nSPS) is 16.8. The quantitative estimate of drug-likeness (QED) is 0.818. The zero-order valence-electron chi connectivity index (χ0n) is 9.46. The smallest absolute Gasteiger partial charge is 0.248 e. The summed E-state index contributed by atoms with van der Waals surface area (Å²) >= 11 is 0. The fourth-order valence-corrected chi connectivity index (χ4v) is 1.87. The molecule has 0 aromatic heterocycles. The summed E-state index contributed by atoms with van der Waals surface area (Å²) in [5.74, 6) is -0.427. The van der Waals surface area contributed by atoms with Crippen molar-refractivity contribution in [1.82, 2.24) is 10.5 Å². The number of nitrogens with one attached hydrogen (secondary N) is 1. The number of hydrogen-bond donors (Lipinski definition) is 2. The minimum Gasteiger partial charge on any atom is -0.366 e. The molecule has 0 atom stereocenters. The first-order valence-corrected chi connectivity index (χ1v) is 5.46. The number of benzene rings is 1. The summed E-state index contributed by atoms with van der Waals surface area (Å²) in [5, 5.41) is 1.61. The molecule has 5 nitrogen and oxygen atoms in total. The monoisotopic (exact) mass is 241 g/mol. The molecule has 0 fully saturated rings. The Hall–Kier alpha value is -2.53. The lowest BCUT2D eigenvalue weighted by atomic mass is 10.0. The Morgan fingerprint density at radius 3 is 3.11 bits per heavy atom. The number of carbonyl (C=O) groups excluding carboxylic acids is 1. The lowest BCUT2D eigenvalue weighted by Crippen LogP contribution is -2.15. The highest BCUT2D eigenvalue weighted by Gasteiger charge is 2.16. The summed E-state index contributed by atoms with van der Waals surface area (Å²) in [6.45, 7) is 0. The number of hydrogen-bond acceptors (Lipinski definition) is 4. The molecule has 0 saturated carbocycles. The maximum absolute atomic E-state index is 11.2. The molecule has 0 saturated heterocycles. The fourth-order valence-electron chi connectivity index (χ4n) is 1.87. The summed E-state index contributed by atoms with van der Waals surface area (Å²) in [6.07, 6.45) is 7.42. The zero-order valence-corrected chi connectivity index (χ0v) is 9.46. The molecule has 5 heteroatoms. The van der Waals surface area contributed by atoms with Gasteiger partial charge in [0.1, 0.15) is 0 Å². The van der Waals surface area contributed by atoms with Crippen molar-refractivity contribution in [2.45, 2.75) is 0 Å². The average molecular weight is 241 g/mol. The number of fused-ring (bicyclic) bond motifs is 1. The molecular weight excluding hydrogens is 230 g/mol. The Labute approximate surface area is 104 Å². The topological polar surface area (TPSA) is 67.6 Å². The van der Waals surface area contributed by atoms with Gasteiger partial charge in [0, 0.05) is 11.8 Å². The van der Waals surface area contributed by atoms with Gasteiger partial charge in [-0.15, -0.1) is 0 Å². The van der Waals surface area contributed by atoms with Crippen molar-refractivity contribution in [1.29, 1.82) is 0 Å². The van der Waals surface area contributed by atoms with Crippen molar-refractivity contribution < 1.29 is 9.73 Å². The summed E-state index contributed by atoms with van der Waals surface area (Å²) in [4.78, 5) is 16.2. The lowest BCUT2D eigenvalue weighted by molar-refractivity contribution is -0.112. The Balaban J connectivity index is 1.98. The Morgan fingerprint density at radius 1 is 1.39 bits per heavy atom. The number of amides is 1. The van der Waals surface area contributed by atoms with Gasteiger partial charge in [-0.2, -0.15) is 4.94 Å². The summed E-state index contributed by atoms with van der Waals surface area (Å²) < 4.78 is 0. The van der Waals surface area contributed by atoms with E-state index in [9.17, 15) is 4.79 Å². The number of nitrogens with two attached hydrogens (primary N) is 1. The predicted octanol–water partition coefficient (Wildman–Crippen LogP) is 1.29. The highest BCUT2D eigenvalue weighted by atomic mass is 16.8. The zero-order chi connectivity index (χ0) is 12.5. The van der Waals surface area contributed by atoms with E-state index in [1.54, 1.807) is 29.6 Å². The summed E-state index contributed by atoms with van der Waals surface area (Å²) in [5.41, 5.74) is 11.3. The third-order valence-electron chi connectivity index (χ3n) is 2.79. The molecule has 0 unspecified atom stereocenters. The second-order valence-corrected chi connectivity index (χ2v) is 3.96. The van der Waals surface area contributed by atoms with Crippen LogP contribution in [0.4, 0.5) is 0 Å².